The monoisotopic (exact) mass is 814 g/mol. The Bertz CT molecular complexity index is 1150. The number of halogens is 1. The molecule has 1 aromatic carbocycles. The van der Waals surface area contributed by atoms with Crippen molar-refractivity contribution < 1.29 is 56.8 Å². The molecule has 1 aromatic rings. The van der Waals surface area contributed by atoms with Crippen LogP contribution < -0.4 is 0 Å². The van der Waals surface area contributed by atoms with Crippen LogP contribution in [0.25, 0.3) is 0 Å². The van der Waals surface area contributed by atoms with Gasteiger partial charge in [0.05, 0.1) is 12.2 Å². The molecule has 1 unspecified atom stereocenters. The van der Waals surface area contributed by atoms with Gasteiger partial charge in [-0.2, -0.15) is 8.42 Å². The highest BCUT2D eigenvalue weighted by Crippen LogP contribution is 2.24. The highest BCUT2D eigenvalue weighted by atomic mass is 127. The summed E-state index contributed by atoms with van der Waals surface area (Å²) in [6.07, 6.45) is 8.46. The first-order chi connectivity index (χ1) is 22.9. The molecule has 1 heterocycles. The van der Waals surface area contributed by atoms with Gasteiger partial charge in [0.15, 0.2) is 12.4 Å². The average Bonchev–Trinajstić information content (AvgIpc) is 3.04. The van der Waals surface area contributed by atoms with E-state index < -0.39 is 71.2 Å². The van der Waals surface area contributed by atoms with Crippen molar-refractivity contribution in [1.82, 2.24) is 0 Å². The molecule has 0 radical (unpaired) electrons. The fourth-order valence-corrected chi connectivity index (χ4v) is 6.47. The fourth-order valence-electron chi connectivity index (χ4n) is 5.42. The lowest BCUT2D eigenvalue weighted by molar-refractivity contribution is -0.296. The van der Waals surface area contributed by atoms with Gasteiger partial charge in [0.2, 0.25) is 0 Å². The van der Waals surface area contributed by atoms with Gasteiger partial charge < -0.3 is 34.3 Å². The summed E-state index contributed by atoms with van der Waals surface area (Å²) in [6, 6.07) is 6.56. The van der Waals surface area contributed by atoms with E-state index in [1.165, 1.54) is 70.6 Å². The Kier molecular flexibility index (Phi) is 21.3. The van der Waals surface area contributed by atoms with Crippen LogP contribution in [0.4, 0.5) is 0 Å². The summed E-state index contributed by atoms with van der Waals surface area (Å²) in [6.45, 7) is 1.41. The first-order valence-electron chi connectivity index (χ1n) is 17.3. The van der Waals surface area contributed by atoms with E-state index in [1.54, 1.807) is 24.3 Å². The van der Waals surface area contributed by atoms with Gasteiger partial charge in [-0.1, -0.05) is 96.8 Å². The molecule has 4 N–H and O–H groups in total. The van der Waals surface area contributed by atoms with Crippen LogP contribution in [-0.2, 0) is 33.9 Å². The molecular weight excluding hydrogens is 759 g/mol. The first-order valence-corrected chi connectivity index (χ1v) is 20.0. The lowest BCUT2D eigenvalue weighted by atomic mass is 10.00. The van der Waals surface area contributed by atoms with E-state index in [0.29, 0.717) is 6.42 Å². The maximum Gasteiger partial charge on any atom is 0.338 e. The Balaban J connectivity index is 1.75. The van der Waals surface area contributed by atoms with Crippen LogP contribution in [0.5, 0.6) is 0 Å². The minimum absolute atomic E-state index is 0.197. The standard InChI is InChI=1S/C34H55IO12S/c1-2-3-4-5-6-7-8-9-10-11-12-13-14-15-16-17-29(36)44-22-27(46-33(40)25-18-20-26(35)21-19-25)23-45-34-32(39)31(38)30(37)28(47-34)24-48(41,42)43/h18-21,27-28,30-32,34,37-39H,2-17,22-24H2,1H3,(H,41,42,43)/t27?,28-,30-,31+,32-,34+/m1/s1. The third-order valence-corrected chi connectivity index (χ3v) is 9.73. The van der Waals surface area contributed by atoms with E-state index in [1.807, 2.05) is 0 Å². The summed E-state index contributed by atoms with van der Waals surface area (Å²) in [5.41, 5.74) is 0.241. The van der Waals surface area contributed by atoms with E-state index in [9.17, 15) is 33.3 Å². The molecule has 0 bridgehead atoms. The normalized spacial score (nSPS) is 21.9. The average molecular weight is 815 g/mol. The molecule has 0 aromatic heterocycles. The van der Waals surface area contributed by atoms with Crippen LogP contribution in [0.3, 0.4) is 0 Å². The van der Waals surface area contributed by atoms with Crippen LogP contribution in [0.15, 0.2) is 24.3 Å². The lowest BCUT2D eigenvalue weighted by Gasteiger charge is -2.40. The molecule has 2 rings (SSSR count). The number of hydrogen-bond acceptors (Lipinski definition) is 11. The zero-order valence-corrected chi connectivity index (χ0v) is 31.0. The lowest BCUT2D eigenvalue weighted by Crippen LogP contribution is -2.60. The highest BCUT2D eigenvalue weighted by molar-refractivity contribution is 14.1. The Morgan fingerprint density at radius 3 is 1.83 bits per heavy atom. The molecule has 6 atom stereocenters. The van der Waals surface area contributed by atoms with Gasteiger partial charge in [0.1, 0.15) is 36.8 Å². The summed E-state index contributed by atoms with van der Waals surface area (Å²) in [4.78, 5) is 25.3. The SMILES string of the molecule is CCCCCCCCCCCCCCCCCC(=O)OCC(CO[C@H]1O[C@H](CS(=O)(=O)O)[C@@H](O)[C@H](O)[C@H]1O)OC(=O)c1ccc(I)cc1. The largest absolute Gasteiger partial charge is 0.462 e. The predicted octanol–water partition coefficient (Wildman–Crippen LogP) is 5.33. The summed E-state index contributed by atoms with van der Waals surface area (Å²) < 4.78 is 54.4. The van der Waals surface area contributed by atoms with Crippen LogP contribution in [0, 0.1) is 3.57 Å². The van der Waals surface area contributed by atoms with Gasteiger partial charge in [-0.25, -0.2) is 4.79 Å². The van der Waals surface area contributed by atoms with Crippen molar-refractivity contribution in [3.63, 3.8) is 0 Å². The topological polar surface area (TPSA) is 186 Å². The van der Waals surface area contributed by atoms with Gasteiger partial charge in [-0.05, 0) is 53.3 Å². The van der Waals surface area contributed by atoms with Gasteiger partial charge in [0.25, 0.3) is 10.1 Å². The van der Waals surface area contributed by atoms with Crippen molar-refractivity contribution in [1.29, 1.82) is 0 Å². The van der Waals surface area contributed by atoms with Crippen molar-refractivity contribution in [2.24, 2.45) is 0 Å². The van der Waals surface area contributed by atoms with E-state index in [0.717, 1.165) is 22.8 Å². The fraction of sp³-hybridized carbons (Fsp3) is 0.765. The molecule has 1 aliphatic rings. The number of unbranched alkanes of at least 4 members (excludes halogenated alkanes) is 14. The molecule has 0 spiro atoms. The van der Waals surface area contributed by atoms with Crippen LogP contribution in [0.1, 0.15) is 120 Å². The molecular formula is C34H55IO12S. The third kappa shape index (κ3) is 18.0. The summed E-state index contributed by atoms with van der Waals surface area (Å²) in [7, 11) is -4.60. The number of esters is 2. The van der Waals surface area contributed by atoms with Crippen molar-refractivity contribution in [2.45, 2.75) is 146 Å². The molecule has 0 amide bonds. The minimum Gasteiger partial charge on any atom is -0.462 e. The first kappa shape index (κ1) is 42.8. The number of carbonyl (C=O) groups is 2. The molecule has 1 aliphatic heterocycles. The second-order valence-corrected chi connectivity index (χ2v) is 15.3. The van der Waals surface area contributed by atoms with E-state index >= 15 is 0 Å². The number of hydrogen-bond donors (Lipinski definition) is 4. The molecule has 276 valence electrons. The van der Waals surface area contributed by atoms with Crippen LogP contribution in [-0.4, -0.2) is 96.0 Å². The zero-order valence-electron chi connectivity index (χ0n) is 28.0. The Labute approximate surface area is 299 Å². The van der Waals surface area contributed by atoms with Crippen LogP contribution in [0.2, 0.25) is 0 Å². The quantitative estimate of drug-likeness (QED) is 0.0431. The Hall–Kier alpha value is -1.40. The van der Waals surface area contributed by atoms with Crippen molar-refractivity contribution >= 4 is 44.6 Å². The molecule has 1 fully saturated rings. The van der Waals surface area contributed by atoms with Crippen LogP contribution >= 0.6 is 22.6 Å². The van der Waals surface area contributed by atoms with Gasteiger partial charge >= 0.3 is 11.9 Å². The Morgan fingerprint density at radius 2 is 1.31 bits per heavy atom. The maximum absolute atomic E-state index is 12.8. The molecule has 14 heteroatoms. The minimum atomic E-state index is -4.60. The number of ether oxygens (including phenoxy) is 4. The van der Waals surface area contributed by atoms with E-state index in [-0.39, 0.29) is 18.6 Å². The molecule has 0 aliphatic carbocycles. The molecule has 12 nitrogen and oxygen atoms in total. The molecule has 48 heavy (non-hydrogen) atoms. The molecule has 0 saturated carbocycles. The highest BCUT2D eigenvalue weighted by Gasteiger charge is 2.46. The Morgan fingerprint density at radius 1 is 0.792 bits per heavy atom. The number of carbonyl (C=O) groups excluding carboxylic acids is 2. The molecule has 1 saturated heterocycles. The van der Waals surface area contributed by atoms with E-state index in [4.69, 9.17) is 23.5 Å². The summed E-state index contributed by atoms with van der Waals surface area (Å²) in [5.74, 6) is -2.25. The maximum atomic E-state index is 12.8. The number of aliphatic hydroxyl groups is 3. The second kappa shape index (κ2) is 23.9. The van der Waals surface area contributed by atoms with Crippen molar-refractivity contribution in [2.75, 3.05) is 19.0 Å². The summed E-state index contributed by atoms with van der Waals surface area (Å²) in [5, 5.41) is 30.6. The van der Waals surface area contributed by atoms with Crippen molar-refractivity contribution in [3.8, 4) is 0 Å². The van der Waals surface area contributed by atoms with Gasteiger partial charge in [-0.3, -0.25) is 9.35 Å². The summed E-state index contributed by atoms with van der Waals surface area (Å²) >= 11 is 2.09. The third-order valence-electron chi connectivity index (χ3n) is 8.26. The second-order valence-electron chi connectivity index (χ2n) is 12.5. The van der Waals surface area contributed by atoms with Crippen molar-refractivity contribution in [3.05, 3.63) is 33.4 Å². The number of aliphatic hydroxyl groups excluding tert-OH is 3. The van der Waals surface area contributed by atoms with E-state index in [2.05, 4.69) is 29.5 Å². The predicted molar refractivity (Wildman–Crippen MR) is 188 cm³/mol. The van der Waals surface area contributed by atoms with Gasteiger partial charge in [-0.15, -0.1) is 0 Å². The van der Waals surface area contributed by atoms with Gasteiger partial charge in [0, 0.05) is 9.99 Å². The smallest absolute Gasteiger partial charge is 0.338 e. The number of benzene rings is 1. The zero-order chi connectivity index (χ0) is 35.4. The number of rotatable bonds is 25.